The Hall–Kier alpha value is -1.09. The molecular weight excluding hydrogens is 215 g/mol. The second kappa shape index (κ2) is 5.05. The monoisotopic (exact) mass is 236 g/mol. The van der Waals surface area contributed by atoms with Crippen molar-refractivity contribution in [3.8, 4) is 0 Å². The van der Waals surface area contributed by atoms with E-state index >= 15 is 0 Å². The third-order valence-electron chi connectivity index (χ3n) is 3.53. The first-order chi connectivity index (χ1) is 8.11. The number of hydrogen-bond donors (Lipinski definition) is 1. The van der Waals surface area contributed by atoms with Crippen LogP contribution in [0.4, 0.5) is 10.1 Å². The minimum atomic E-state index is -0.161. The van der Waals surface area contributed by atoms with E-state index in [1.165, 1.54) is 12.8 Å². The van der Waals surface area contributed by atoms with Crippen LogP contribution in [0.2, 0.25) is 0 Å². The summed E-state index contributed by atoms with van der Waals surface area (Å²) >= 11 is 0. The Morgan fingerprint density at radius 3 is 2.76 bits per heavy atom. The fourth-order valence-corrected chi connectivity index (χ4v) is 2.16. The molecule has 0 amide bonds. The molecule has 1 aliphatic carbocycles. The van der Waals surface area contributed by atoms with E-state index in [-0.39, 0.29) is 11.9 Å². The van der Waals surface area contributed by atoms with Crippen LogP contribution in [-0.4, -0.2) is 20.6 Å². The Morgan fingerprint density at radius 1 is 1.47 bits per heavy atom. The van der Waals surface area contributed by atoms with Crippen LogP contribution in [0.15, 0.2) is 18.2 Å². The molecular formula is C14H21FN2. The Morgan fingerprint density at radius 2 is 2.18 bits per heavy atom. The molecule has 2 rings (SSSR count). The maximum Gasteiger partial charge on any atom is 0.123 e. The van der Waals surface area contributed by atoms with Crippen molar-refractivity contribution in [2.45, 2.75) is 25.8 Å². The van der Waals surface area contributed by atoms with Crippen LogP contribution >= 0.6 is 0 Å². The van der Waals surface area contributed by atoms with Gasteiger partial charge >= 0.3 is 0 Å². The molecule has 3 heteroatoms. The lowest BCUT2D eigenvalue weighted by Crippen LogP contribution is -2.24. The number of rotatable bonds is 5. The summed E-state index contributed by atoms with van der Waals surface area (Å²) in [4.78, 5) is 2.25. The minimum Gasteiger partial charge on any atom is -0.374 e. The lowest BCUT2D eigenvalue weighted by Gasteiger charge is -2.25. The molecule has 1 atom stereocenters. The fraction of sp³-hybridized carbons (Fsp3) is 0.571. The van der Waals surface area contributed by atoms with Crippen LogP contribution in [0.5, 0.6) is 0 Å². The Bertz CT molecular complexity index is 388. The number of nitrogens with one attached hydrogen (secondary N) is 1. The molecule has 1 fully saturated rings. The highest BCUT2D eigenvalue weighted by atomic mass is 19.1. The maximum absolute atomic E-state index is 13.3. The number of benzene rings is 1. The fourth-order valence-electron chi connectivity index (χ4n) is 2.16. The molecule has 1 N–H and O–H groups in total. The van der Waals surface area contributed by atoms with Gasteiger partial charge in [-0.3, -0.25) is 0 Å². The summed E-state index contributed by atoms with van der Waals surface area (Å²) in [5.41, 5.74) is 2.18. The smallest absolute Gasteiger partial charge is 0.123 e. The van der Waals surface area contributed by atoms with Gasteiger partial charge in [0.2, 0.25) is 0 Å². The van der Waals surface area contributed by atoms with Gasteiger partial charge in [-0.1, -0.05) is 0 Å². The van der Waals surface area contributed by atoms with Crippen molar-refractivity contribution in [1.29, 1.82) is 0 Å². The van der Waals surface area contributed by atoms with E-state index in [4.69, 9.17) is 0 Å². The molecule has 2 nitrogen and oxygen atoms in total. The summed E-state index contributed by atoms with van der Waals surface area (Å²) in [5, 5.41) is 3.18. The molecule has 1 unspecified atom stereocenters. The first-order valence-electron chi connectivity index (χ1n) is 6.29. The third kappa shape index (κ3) is 2.97. The van der Waals surface area contributed by atoms with Crippen LogP contribution in [0.3, 0.4) is 0 Å². The highest BCUT2D eigenvalue weighted by Gasteiger charge is 2.24. The zero-order chi connectivity index (χ0) is 12.4. The first-order valence-corrected chi connectivity index (χ1v) is 6.29. The van der Waals surface area contributed by atoms with E-state index in [9.17, 15) is 4.39 Å². The van der Waals surface area contributed by atoms with Crippen LogP contribution < -0.4 is 10.2 Å². The highest BCUT2D eigenvalue weighted by Crippen LogP contribution is 2.33. The number of anilines is 1. The summed E-state index contributed by atoms with van der Waals surface area (Å²) in [6.07, 6.45) is 2.67. The van der Waals surface area contributed by atoms with Gasteiger partial charge in [0.05, 0.1) is 0 Å². The molecule has 0 heterocycles. The van der Waals surface area contributed by atoms with Crippen molar-refractivity contribution in [3.05, 3.63) is 29.6 Å². The van der Waals surface area contributed by atoms with Gasteiger partial charge in [0.15, 0.2) is 0 Å². The van der Waals surface area contributed by atoms with Gasteiger partial charge in [-0.05, 0) is 56.5 Å². The van der Waals surface area contributed by atoms with Crippen molar-refractivity contribution in [2.24, 2.45) is 5.92 Å². The summed E-state index contributed by atoms with van der Waals surface area (Å²) in [6.45, 7) is 3.14. The standard InChI is InChI=1S/C14H21FN2/c1-10(16-2)13-8-12(15)6-7-14(13)17(3)9-11-4-5-11/h6-8,10-11,16H,4-5,9H2,1-3H3. The van der Waals surface area contributed by atoms with Gasteiger partial charge in [0.25, 0.3) is 0 Å². The Kier molecular flexibility index (Phi) is 3.67. The number of halogens is 1. The van der Waals surface area contributed by atoms with E-state index in [0.29, 0.717) is 0 Å². The average molecular weight is 236 g/mol. The number of hydrogen-bond acceptors (Lipinski definition) is 2. The van der Waals surface area contributed by atoms with Gasteiger partial charge in [0.1, 0.15) is 5.82 Å². The molecule has 0 bridgehead atoms. The molecule has 94 valence electrons. The zero-order valence-electron chi connectivity index (χ0n) is 10.8. The predicted octanol–water partition coefficient (Wildman–Crippen LogP) is 2.95. The molecule has 0 aliphatic heterocycles. The molecule has 1 aromatic carbocycles. The lowest BCUT2D eigenvalue weighted by atomic mass is 10.0. The number of nitrogens with zero attached hydrogens (tertiary/aromatic N) is 1. The summed E-state index contributed by atoms with van der Waals surface area (Å²) in [6, 6.07) is 5.24. The van der Waals surface area contributed by atoms with Gasteiger partial charge in [-0.2, -0.15) is 0 Å². The van der Waals surface area contributed by atoms with Crippen LogP contribution in [0.1, 0.15) is 31.4 Å². The third-order valence-corrected chi connectivity index (χ3v) is 3.53. The predicted molar refractivity (Wildman–Crippen MR) is 69.9 cm³/mol. The van der Waals surface area contributed by atoms with E-state index in [2.05, 4.69) is 24.2 Å². The second-order valence-electron chi connectivity index (χ2n) is 5.04. The SMILES string of the molecule is CNC(C)c1cc(F)ccc1N(C)CC1CC1. The van der Waals surface area contributed by atoms with Crippen molar-refractivity contribution >= 4 is 5.69 Å². The molecule has 1 aromatic rings. The average Bonchev–Trinajstić information content (AvgIpc) is 3.11. The molecule has 0 radical (unpaired) electrons. The topological polar surface area (TPSA) is 15.3 Å². The molecule has 0 saturated heterocycles. The first kappa shape index (κ1) is 12.4. The minimum absolute atomic E-state index is 0.161. The normalized spacial score (nSPS) is 16.9. The van der Waals surface area contributed by atoms with Gasteiger partial charge in [-0.25, -0.2) is 4.39 Å². The molecule has 0 spiro atoms. The quantitative estimate of drug-likeness (QED) is 0.845. The summed E-state index contributed by atoms with van der Waals surface area (Å²) < 4.78 is 13.3. The lowest BCUT2D eigenvalue weighted by molar-refractivity contribution is 0.606. The van der Waals surface area contributed by atoms with Crippen LogP contribution in [-0.2, 0) is 0 Å². The van der Waals surface area contributed by atoms with Crippen LogP contribution in [0, 0.1) is 11.7 Å². The van der Waals surface area contributed by atoms with Gasteiger partial charge in [-0.15, -0.1) is 0 Å². The van der Waals surface area contributed by atoms with Crippen molar-refractivity contribution in [3.63, 3.8) is 0 Å². The Balaban J connectivity index is 2.23. The molecule has 1 aliphatic rings. The van der Waals surface area contributed by atoms with Crippen molar-refractivity contribution in [1.82, 2.24) is 5.32 Å². The molecule has 0 aromatic heterocycles. The van der Waals surface area contributed by atoms with Crippen molar-refractivity contribution in [2.75, 3.05) is 25.5 Å². The van der Waals surface area contributed by atoms with Crippen LogP contribution in [0.25, 0.3) is 0 Å². The van der Waals surface area contributed by atoms with E-state index in [1.54, 1.807) is 12.1 Å². The summed E-state index contributed by atoms with van der Waals surface area (Å²) in [7, 11) is 4.00. The van der Waals surface area contributed by atoms with E-state index in [1.807, 2.05) is 13.1 Å². The van der Waals surface area contributed by atoms with Crippen molar-refractivity contribution < 1.29 is 4.39 Å². The zero-order valence-corrected chi connectivity index (χ0v) is 10.8. The molecule has 17 heavy (non-hydrogen) atoms. The van der Waals surface area contributed by atoms with E-state index in [0.717, 1.165) is 23.7 Å². The van der Waals surface area contributed by atoms with Gasteiger partial charge < -0.3 is 10.2 Å². The van der Waals surface area contributed by atoms with E-state index < -0.39 is 0 Å². The summed E-state index contributed by atoms with van der Waals surface area (Å²) in [5.74, 6) is 0.675. The second-order valence-corrected chi connectivity index (χ2v) is 5.04. The largest absolute Gasteiger partial charge is 0.374 e. The van der Waals surface area contributed by atoms with Gasteiger partial charge in [0, 0.05) is 25.3 Å². The molecule has 1 saturated carbocycles. The maximum atomic E-state index is 13.3. The Labute approximate surface area is 103 Å². The highest BCUT2D eigenvalue weighted by molar-refractivity contribution is 5.54.